The van der Waals surface area contributed by atoms with E-state index in [9.17, 15) is 19.1 Å². The van der Waals surface area contributed by atoms with Crippen LogP contribution in [0.15, 0.2) is 42.5 Å². The second-order valence-electron chi connectivity index (χ2n) is 10.6. The lowest BCUT2D eigenvalue weighted by molar-refractivity contribution is -0.160. The van der Waals surface area contributed by atoms with E-state index in [4.69, 9.17) is 16.3 Å². The molecular weight excluding hydrogens is 493 g/mol. The number of nitrogens with zero attached hydrogens (tertiary/aromatic N) is 1. The Hall–Kier alpha value is -3.22. The maximum atomic E-state index is 14.0. The molecule has 1 unspecified atom stereocenters. The van der Waals surface area contributed by atoms with Gasteiger partial charge in [0.25, 0.3) is 5.91 Å². The van der Waals surface area contributed by atoms with Crippen LogP contribution in [0.1, 0.15) is 70.6 Å². The molecule has 1 aliphatic rings. The normalized spacial score (nSPS) is 14.0. The fraction of sp³-hybridized carbons (Fsp3) is 0.333. The lowest BCUT2D eigenvalue weighted by atomic mass is 9.83. The highest BCUT2D eigenvalue weighted by Gasteiger charge is 2.36. The number of aryl methyl sites for hydroxylation is 1. The van der Waals surface area contributed by atoms with Gasteiger partial charge in [0.05, 0.1) is 5.60 Å². The van der Waals surface area contributed by atoms with Gasteiger partial charge in [-0.2, -0.15) is 0 Å². The number of hydrogen-bond acceptors (Lipinski definition) is 3. The first-order valence-corrected chi connectivity index (χ1v) is 12.5. The van der Waals surface area contributed by atoms with E-state index in [2.05, 4.69) is 0 Å². The van der Waals surface area contributed by atoms with E-state index >= 15 is 0 Å². The zero-order chi connectivity index (χ0) is 27.2. The van der Waals surface area contributed by atoms with Crippen LogP contribution < -0.4 is 0 Å². The quantitative estimate of drug-likeness (QED) is 0.385. The number of carbonyl (C=O) groups is 2. The van der Waals surface area contributed by atoms with Gasteiger partial charge in [0.2, 0.25) is 0 Å². The van der Waals surface area contributed by atoms with Gasteiger partial charge in [-0.15, -0.1) is 0 Å². The molecule has 37 heavy (non-hydrogen) atoms. The minimum Gasteiger partial charge on any atom is -0.479 e. The number of aliphatic carboxylic acids is 1. The Labute approximate surface area is 221 Å². The van der Waals surface area contributed by atoms with Gasteiger partial charge in [-0.3, -0.25) is 4.79 Å². The Balaban J connectivity index is 1.89. The van der Waals surface area contributed by atoms with Crippen LogP contribution in [-0.4, -0.2) is 27.5 Å². The minimum absolute atomic E-state index is 0.153. The number of halogens is 2. The molecule has 1 amide bonds. The molecule has 0 spiro atoms. The molecule has 1 N–H and O–H groups in total. The summed E-state index contributed by atoms with van der Waals surface area (Å²) in [5.74, 6) is -1.99. The van der Waals surface area contributed by atoms with Gasteiger partial charge in [0.15, 0.2) is 6.10 Å². The molecule has 0 saturated heterocycles. The molecule has 5 nitrogen and oxygen atoms in total. The molecule has 0 radical (unpaired) electrons. The predicted molar refractivity (Wildman–Crippen MR) is 142 cm³/mol. The van der Waals surface area contributed by atoms with Crippen molar-refractivity contribution in [1.29, 1.82) is 0 Å². The highest BCUT2D eigenvalue weighted by Crippen LogP contribution is 2.44. The van der Waals surface area contributed by atoms with Crippen molar-refractivity contribution in [2.75, 3.05) is 0 Å². The molecule has 1 atom stereocenters. The third-order valence-corrected chi connectivity index (χ3v) is 6.93. The Morgan fingerprint density at radius 3 is 2.14 bits per heavy atom. The lowest BCUT2D eigenvalue weighted by Gasteiger charge is -2.29. The summed E-state index contributed by atoms with van der Waals surface area (Å²) >= 11 is 6.00. The summed E-state index contributed by atoms with van der Waals surface area (Å²) in [4.78, 5) is 27.5. The monoisotopic (exact) mass is 523 g/mol. The third-order valence-electron chi connectivity index (χ3n) is 6.71. The van der Waals surface area contributed by atoms with Crippen molar-refractivity contribution < 1.29 is 23.8 Å². The first-order chi connectivity index (χ1) is 17.3. The van der Waals surface area contributed by atoms with E-state index in [1.807, 2.05) is 65.8 Å². The fourth-order valence-corrected chi connectivity index (χ4v) is 5.25. The van der Waals surface area contributed by atoms with Gasteiger partial charge in [-0.05, 0) is 93.1 Å². The summed E-state index contributed by atoms with van der Waals surface area (Å²) in [5.41, 5.74) is 6.37. The average Bonchev–Trinajstić information content (AvgIpc) is 3.25. The number of benzene rings is 3. The zero-order valence-corrected chi connectivity index (χ0v) is 22.7. The molecule has 0 aliphatic carbocycles. The van der Waals surface area contributed by atoms with Crippen molar-refractivity contribution in [3.8, 4) is 11.1 Å². The maximum absolute atomic E-state index is 14.0. The second kappa shape index (κ2) is 9.92. The first-order valence-electron chi connectivity index (χ1n) is 12.1. The topological polar surface area (TPSA) is 66.8 Å². The van der Waals surface area contributed by atoms with E-state index in [0.29, 0.717) is 12.1 Å². The van der Waals surface area contributed by atoms with Crippen molar-refractivity contribution in [2.45, 2.75) is 66.3 Å². The number of fused-ring (bicyclic) bond motifs is 1. The van der Waals surface area contributed by atoms with Crippen LogP contribution >= 0.6 is 11.6 Å². The number of carboxylic acids is 1. The molecule has 0 aromatic heterocycles. The number of carbonyl (C=O) groups excluding carboxylic acids is 1. The van der Waals surface area contributed by atoms with Crippen LogP contribution in [0.5, 0.6) is 0 Å². The molecule has 4 rings (SSSR count). The van der Waals surface area contributed by atoms with Crippen LogP contribution in [0.2, 0.25) is 5.02 Å². The van der Waals surface area contributed by atoms with Crippen LogP contribution in [0, 0.1) is 26.6 Å². The molecule has 0 fully saturated rings. The van der Waals surface area contributed by atoms with Crippen molar-refractivity contribution in [3.05, 3.63) is 92.2 Å². The van der Waals surface area contributed by atoms with E-state index in [-0.39, 0.29) is 23.0 Å². The second-order valence-corrected chi connectivity index (χ2v) is 11.1. The molecular formula is C30H31ClFNO4. The van der Waals surface area contributed by atoms with Gasteiger partial charge in [-0.1, -0.05) is 41.4 Å². The maximum Gasteiger partial charge on any atom is 0.337 e. The molecule has 0 bridgehead atoms. The summed E-state index contributed by atoms with van der Waals surface area (Å²) in [6.45, 7) is 11.9. The van der Waals surface area contributed by atoms with Crippen molar-refractivity contribution in [1.82, 2.24) is 4.90 Å². The summed E-state index contributed by atoms with van der Waals surface area (Å²) in [6, 6.07) is 11.7. The highest BCUT2D eigenvalue weighted by molar-refractivity contribution is 6.31. The summed E-state index contributed by atoms with van der Waals surface area (Å²) in [6.07, 6.45) is -1.20. The number of carboxylic acid groups (broad SMARTS) is 1. The van der Waals surface area contributed by atoms with Crippen LogP contribution in [-0.2, 0) is 22.6 Å². The molecule has 3 aromatic carbocycles. The van der Waals surface area contributed by atoms with Crippen molar-refractivity contribution in [3.63, 3.8) is 0 Å². The van der Waals surface area contributed by atoms with Crippen molar-refractivity contribution in [2.24, 2.45) is 0 Å². The minimum atomic E-state index is -1.20. The highest BCUT2D eigenvalue weighted by atomic mass is 35.5. The van der Waals surface area contributed by atoms with E-state index in [1.165, 1.54) is 12.1 Å². The molecule has 0 saturated carbocycles. The number of rotatable bonds is 5. The largest absolute Gasteiger partial charge is 0.479 e. The van der Waals surface area contributed by atoms with Crippen LogP contribution in [0.3, 0.4) is 0 Å². The van der Waals surface area contributed by atoms with Crippen molar-refractivity contribution >= 4 is 23.5 Å². The summed E-state index contributed by atoms with van der Waals surface area (Å²) in [7, 11) is 0. The molecule has 3 aromatic rings. The van der Waals surface area contributed by atoms with Gasteiger partial charge in [0, 0.05) is 29.2 Å². The Morgan fingerprint density at radius 1 is 1.00 bits per heavy atom. The molecule has 1 heterocycles. The smallest absolute Gasteiger partial charge is 0.337 e. The van der Waals surface area contributed by atoms with E-state index in [1.54, 1.807) is 4.90 Å². The standard InChI is InChI=1S/C30H31ClFNO4/c1-16-7-9-19(10-8-16)25-17(2)23-14-33(28(34)20-11-21(31)13-22(32)12-20)15-24(23)18(3)26(25)27(29(35)36)37-30(4,5)6/h7-13,27H,14-15H2,1-6H3,(H,35,36). The van der Waals surface area contributed by atoms with E-state index in [0.717, 1.165) is 45.0 Å². The summed E-state index contributed by atoms with van der Waals surface area (Å²) in [5, 5.41) is 10.4. The van der Waals surface area contributed by atoms with Gasteiger partial charge < -0.3 is 14.7 Å². The lowest BCUT2D eigenvalue weighted by Crippen LogP contribution is -2.28. The van der Waals surface area contributed by atoms with Crippen LogP contribution in [0.4, 0.5) is 4.39 Å². The van der Waals surface area contributed by atoms with E-state index < -0.39 is 23.5 Å². The Bertz CT molecular complexity index is 1370. The first kappa shape index (κ1) is 26.8. The number of hydrogen-bond donors (Lipinski definition) is 1. The van der Waals surface area contributed by atoms with Crippen LogP contribution in [0.25, 0.3) is 11.1 Å². The Morgan fingerprint density at radius 2 is 1.59 bits per heavy atom. The number of amides is 1. The number of ether oxygens (including phenoxy) is 1. The fourth-order valence-electron chi connectivity index (χ4n) is 5.03. The molecule has 7 heteroatoms. The average molecular weight is 524 g/mol. The predicted octanol–water partition coefficient (Wildman–Crippen LogP) is 7.17. The summed E-state index contributed by atoms with van der Waals surface area (Å²) < 4.78 is 20.1. The third kappa shape index (κ3) is 5.41. The molecule has 194 valence electrons. The molecule has 1 aliphatic heterocycles. The van der Waals surface area contributed by atoms with Gasteiger partial charge >= 0.3 is 5.97 Å². The zero-order valence-electron chi connectivity index (χ0n) is 21.9. The van der Waals surface area contributed by atoms with Gasteiger partial charge in [0.1, 0.15) is 5.82 Å². The SMILES string of the molecule is Cc1ccc(-c2c(C)c3c(c(C)c2C(OC(C)(C)C)C(=O)O)CN(C(=O)c2cc(F)cc(Cl)c2)C3)cc1. The Kier molecular flexibility index (Phi) is 7.19. The van der Waals surface area contributed by atoms with Gasteiger partial charge in [-0.25, -0.2) is 9.18 Å².